The Balaban J connectivity index is 2.37. The van der Waals surface area contributed by atoms with Crippen LogP contribution in [-0.4, -0.2) is 10.8 Å². The molecule has 2 aromatic carbocycles. The molecule has 0 fully saturated rings. The number of aryl methyl sites for hydroxylation is 1. The molecule has 0 heterocycles. The molecule has 0 aromatic heterocycles. The van der Waals surface area contributed by atoms with Crippen LogP contribution in [0.2, 0.25) is 0 Å². The maximum atomic E-state index is 13.0. The molecule has 0 radical (unpaired) electrons. The van der Waals surface area contributed by atoms with Crippen molar-refractivity contribution < 1.29 is 14.1 Å². The highest BCUT2D eigenvalue weighted by molar-refractivity contribution is 9.10. The van der Waals surface area contributed by atoms with Crippen molar-refractivity contribution in [1.82, 2.24) is 0 Å². The lowest BCUT2D eigenvalue weighted by atomic mass is 10.1. The van der Waals surface area contributed by atoms with Gasteiger partial charge < -0.3 is 5.32 Å². The SMILES string of the molecule is Cc1cccc(C(=O)Nc2ccc(F)cc2Br)c1[N+](=O)[O-]. The zero-order valence-electron chi connectivity index (χ0n) is 10.9. The molecule has 21 heavy (non-hydrogen) atoms. The van der Waals surface area contributed by atoms with E-state index in [1.165, 1.54) is 24.3 Å². The van der Waals surface area contributed by atoms with Crippen LogP contribution < -0.4 is 5.32 Å². The van der Waals surface area contributed by atoms with Crippen LogP contribution in [0.3, 0.4) is 0 Å². The summed E-state index contributed by atoms with van der Waals surface area (Å²) < 4.78 is 13.4. The first-order valence-electron chi connectivity index (χ1n) is 5.90. The molecule has 0 spiro atoms. The van der Waals surface area contributed by atoms with E-state index in [0.29, 0.717) is 15.7 Å². The van der Waals surface area contributed by atoms with E-state index < -0.39 is 16.6 Å². The lowest BCUT2D eigenvalue weighted by Crippen LogP contribution is -2.15. The zero-order chi connectivity index (χ0) is 15.6. The number of amides is 1. The van der Waals surface area contributed by atoms with Crippen molar-refractivity contribution in [2.45, 2.75) is 6.92 Å². The van der Waals surface area contributed by atoms with Crippen molar-refractivity contribution in [2.24, 2.45) is 0 Å². The van der Waals surface area contributed by atoms with Crippen LogP contribution in [-0.2, 0) is 0 Å². The van der Waals surface area contributed by atoms with Crippen LogP contribution in [0, 0.1) is 22.9 Å². The molecule has 0 unspecified atom stereocenters. The van der Waals surface area contributed by atoms with Gasteiger partial charge in [0.25, 0.3) is 11.6 Å². The van der Waals surface area contributed by atoms with Gasteiger partial charge in [0.05, 0.1) is 10.6 Å². The molecule has 1 amide bonds. The predicted molar refractivity (Wildman–Crippen MR) is 79.9 cm³/mol. The zero-order valence-corrected chi connectivity index (χ0v) is 12.5. The minimum atomic E-state index is -0.627. The molecule has 0 aliphatic carbocycles. The van der Waals surface area contributed by atoms with Gasteiger partial charge in [-0.2, -0.15) is 0 Å². The van der Waals surface area contributed by atoms with Crippen LogP contribution in [0.15, 0.2) is 40.9 Å². The largest absolute Gasteiger partial charge is 0.321 e. The number of halogens is 2. The van der Waals surface area contributed by atoms with E-state index in [1.54, 1.807) is 19.1 Å². The lowest BCUT2D eigenvalue weighted by molar-refractivity contribution is -0.385. The Kier molecular flexibility index (Phi) is 4.32. The van der Waals surface area contributed by atoms with Crippen molar-refractivity contribution in [3.63, 3.8) is 0 Å². The highest BCUT2D eigenvalue weighted by atomic mass is 79.9. The minimum absolute atomic E-state index is 0.0452. The summed E-state index contributed by atoms with van der Waals surface area (Å²) in [7, 11) is 0. The molecule has 0 aliphatic rings. The Morgan fingerprint density at radius 1 is 1.33 bits per heavy atom. The van der Waals surface area contributed by atoms with Gasteiger partial charge in [-0.25, -0.2) is 4.39 Å². The van der Waals surface area contributed by atoms with Crippen LogP contribution in [0.25, 0.3) is 0 Å². The molecular formula is C14H10BrFN2O3. The molecule has 2 rings (SSSR count). The fourth-order valence-corrected chi connectivity index (χ4v) is 2.32. The van der Waals surface area contributed by atoms with E-state index in [2.05, 4.69) is 21.2 Å². The Morgan fingerprint density at radius 3 is 2.67 bits per heavy atom. The second kappa shape index (κ2) is 6.01. The number of carbonyl (C=O) groups is 1. The van der Waals surface area contributed by atoms with Crippen LogP contribution in [0.4, 0.5) is 15.8 Å². The molecule has 1 N–H and O–H groups in total. The standard InChI is InChI=1S/C14H10BrFN2O3/c1-8-3-2-4-10(13(8)18(20)21)14(19)17-12-6-5-9(16)7-11(12)15/h2-7H,1H3,(H,17,19). The summed E-state index contributed by atoms with van der Waals surface area (Å²) in [5.74, 6) is -1.08. The topological polar surface area (TPSA) is 72.2 Å². The number of nitrogens with one attached hydrogen (secondary N) is 1. The monoisotopic (exact) mass is 352 g/mol. The van der Waals surface area contributed by atoms with Crippen molar-refractivity contribution in [2.75, 3.05) is 5.32 Å². The van der Waals surface area contributed by atoms with Crippen molar-refractivity contribution in [1.29, 1.82) is 0 Å². The molecule has 0 saturated carbocycles. The number of carbonyl (C=O) groups excluding carboxylic acids is 1. The van der Waals surface area contributed by atoms with E-state index in [4.69, 9.17) is 0 Å². The third-order valence-corrected chi connectivity index (χ3v) is 3.50. The molecule has 0 aliphatic heterocycles. The average molecular weight is 353 g/mol. The summed E-state index contributed by atoms with van der Waals surface area (Å²) in [6.07, 6.45) is 0. The number of hydrogen-bond donors (Lipinski definition) is 1. The Bertz CT molecular complexity index is 734. The predicted octanol–water partition coefficient (Wildman–Crippen LogP) is 4.06. The Hall–Kier alpha value is -2.28. The van der Waals surface area contributed by atoms with Gasteiger partial charge in [0.2, 0.25) is 0 Å². The van der Waals surface area contributed by atoms with Crippen molar-refractivity contribution >= 4 is 33.2 Å². The molecule has 108 valence electrons. The van der Waals surface area contributed by atoms with Crippen LogP contribution in [0.1, 0.15) is 15.9 Å². The number of benzene rings is 2. The summed E-state index contributed by atoms with van der Waals surface area (Å²) in [4.78, 5) is 22.7. The first-order valence-corrected chi connectivity index (χ1v) is 6.70. The van der Waals surface area contributed by atoms with E-state index in [1.807, 2.05) is 0 Å². The number of nitrogens with zero attached hydrogens (tertiary/aromatic N) is 1. The molecule has 0 atom stereocenters. The van der Waals surface area contributed by atoms with Crippen molar-refractivity contribution in [3.05, 3.63) is 67.9 Å². The normalized spacial score (nSPS) is 10.2. The molecule has 0 saturated heterocycles. The summed E-state index contributed by atoms with van der Waals surface area (Å²) in [5, 5.41) is 13.6. The van der Waals surface area contributed by atoms with E-state index in [0.717, 1.165) is 0 Å². The Labute approximate surface area is 128 Å². The lowest BCUT2D eigenvalue weighted by Gasteiger charge is -2.08. The summed E-state index contributed by atoms with van der Waals surface area (Å²) in [5.41, 5.74) is 0.437. The average Bonchev–Trinajstić information content (AvgIpc) is 2.41. The molecule has 7 heteroatoms. The first-order chi connectivity index (χ1) is 9.90. The fraction of sp³-hybridized carbons (Fsp3) is 0.0714. The summed E-state index contributed by atoms with van der Waals surface area (Å²) >= 11 is 3.12. The summed E-state index contributed by atoms with van der Waals surface area (Å²) in [6.45, 7) is 1.56. The number of para-hydroxylation sites is 1. The van der Waals surface area contributed by atoms with Gasteiger partial charge >= 0.3 is 0 Å². The van der Waals surface area contributed by atoms with Gasteiger partial charge in [-0.15, -0.1) is 0 Å². The third kappa shape index (κ3) is 3.25. The second-order valence-corrected chi connectivity index (χ2v) is 5.16. The van der Waals surface area contributed by atoms with Crippen LogP contribution >= 0.6 is 15.9 Å². The van der Waals surface area contributed by atoms with Gasteiger partial charge in [0, 0.05) is 10.0 Å². The van der Waals surface area contributed by atoms with Gasteiger partial charge in [-0.3, -0.25) is 14.9 Å². The smallest absolute Gasteiger partial charge is 0.285 e. The minimum Gasteiger partial charge on any atom is -0.321 e. The Morgan fingerprint density at radius 2 is 2.05 bits per heavy atom. The first kappa shape index (κ1) is 15.1. The molecule has 0 bridgehead atoms. The molecule has 5 nitrogen and oxygen atoms in total. The van der Waals surface area contributed by atoms with Gasteiger partial charge in [0.15, 0.2) is 0 Å². The number of hydrogen-bond acceptors (Lipinski definition) is 3. The van der Waals surface area contributed by atoms with Gasteiger partial charge in [-0.1, -0.05) is 12.1 Å². The van der Waals surface area contributed by atoms with E-state index in [-0.39, 0.29) is 11.3 Å². The maximum Gasteiger partial charge on any atom is 0.285 e. The van der Waals surface area contributed by atoms with E-state index >= 15 is 0 Å². The molecule has 2 aromatic rings. The fourth-order valence-electron chi connectivity index (χ4n) is 1.87. The van der Waals surface area contributed by atoms with Crippen LogP contribution in [0.5, 0.6) is 0 Å². The third-order valence-electron chi connectivity index (χ3n) is 2.84. The number of nitro benzene ring substituents is 1. The van der Waals surface area contributed by atoms with Gasteiger partial charge in [0.1, 0.15) is 11.4 Å². The number of nitro groups is 1. The van der Waals surface area contributed by atoms with Crippen molar-refractivity contribution in [3.8, 4) is 0 Å². The highest BCUT2D eigenvalue weighted by Gasteiger charge is 2.22. The quantitative estimate of drug-likeness (QED) is 0.668. The highest BCUT2D eigenvalue weighted by Crippen LogP contribution is 2.27. The molecular weight excluding hydrogens is 343 g/mol. The summed E-state index contributed by atoms with van der Waals surface area (Å²) in [6, 6.07) is 8.25. The number of anilines is 1. The number of rotatable bonds is 3. The maximum absolute atomic E-state index is 13.0. The van der Waals surface area contributed by atoms with Gasteiger partial charge in [-0.05, 0) is 47.1 Å². The van der Waals surface area contributed by atoms with E-state index in [9.17, 15) is 19.3 Å². The second-order valence-electron chi connectivity index (χ2n) is 4.31.